The Labute approximate surface area is 59.5 Å². The maximum absolute atomic E-state index is 9.92. The van der Waals surface area contributed by atoms with E-state index in [1.807, 2.05) is 0 Å². The van der Waals surface area contributed by atoms with E-state index >= 15 is 0 Å². The van der Waals surface area contributed by atoms with Gasteiger partial charge in [0.2, 0.25) is 0 Å². The predicted octanol–water partition coefficient (Wildman–Crippen LogP) is 0.336. The maximum atomic E-state index is 9.92. The van der Waals surface area contributed by atoms with Crippen LogP contribution in [-0.4, -0.2) is 9.85 Å². The minimum Gasteiger partial charge on any atom is -0.358 e. The molecule has 0 aliphatic carbocycles. The van der Waals surface area contributed by atoms with Crippen LogP contribution in [0, 0.1) is 26.4 Å². The van der Waals surface area contributed by atoms with E-state index in [0.29, 0.717) is 6.08 Å². The van der Waals surface area contributed by atoms with Crippen LogP contribution in [0.25, 0.3) is 0 Å². The number of rotatable bonds is 2. The summed E-state index contributed by atoms with van der Waals surface area (Å²) < 4.78 is 0. The third kappa shape index (κ3) is 1.34. The number of nitro groups is 2. The summed E-state index contributed by atoms with van der Waals surface area (Å²) in [5.74, 6) is -0.614. The first kappa shape index (κ1) is 7.25. The molecule has 0 fully saturated rings. The molecule has 1 aliphatic heterocycles. The predicted molar refractivity (Wildman–Crippen MR) is 30.2 cm³/mol. The van der Waals surface area contributed by atoms with Gasteiger partial charge < -0.3 is 10.1 Å². The molecule has 1 aliphatic rings. The number of azo groups is 1. The summed E-state index contributed by atoms with van der Waals surface area (Å²) in [5, 5.41) is 25.7. The second-order valence-corrected chi connectivity index (χ2v) is 1.57. The molecule has 1 heterocycles. The van der Waals surface area contributed by atoms with Crippen LogP contribution in [0.4, 0.5) is 0 Å². The van der Waals surface area contributed by atoms with E-state index in [4.69, 9.17) is 0 Å². The first-order valence-electron chi connectivity index (χ1n) is 2.40. The Morgan fingerprint density at radius 3 is 2.09 bits per heavy atom. The van der Waals surface area contributed by atoms with Crippen molar-refractivity contribution >= 4 is 0 Å². The van der Waals surface area contributed by atoms with Gasteiger partial charge in [0.05, 0.1) is 10.0 Å². The summed E-state index contributed by atoms with van der Waals surface area (Å²) in [6, 6.07) is 0. The fourth-order valence-electron chi connectivity index (χ4n) is 0.454. The van der Waals surface area contributed by atoms with Gasteiger partial charge in [-0.05, 0) is 4.92 Å². The summed E-state index contributed by atoms with van der Waals surface area (Å²) in [6.45, 7) is 0. The topological polar surface area (TPSA) is 111 Å². The van der Waals surface area contributed by atoms with E-state index in [1.165, 1.54) is 0 Å². The maximum Gasteiger partial charge on any atom is 0.474 e. The summed E-state index contributed by atoms with van der Waals surface area (Å²) in [4.78, 5) is 18.1. The lowest BCUT2D eigenvalue weighted by Gasteiger charge is -1.84. The Kier molecular flexibility index (Phi) is 1.58. The van der Waals surface area contributed by atoms with Gasteiger partial charge in [0.25, 0.3) is 0 Å². The van der Waals surface area contributed by atoms with Crippen LogP contribution in [0.3, 0.4) is 0 Å². The van der Waals surface area contributed by atoms with Gasteiger partial charge in [-0.3, -0.25) is 10.1 Å². The van der Waals surface area contributed by atoms with Gasteiger partial charge in [0.15, 0.2) is 0 Å². The van der Waals surface area contributed by atoms with E-state index in [0.717, 1.165) is 0 Å². The summed E-state index contributed by atoms with van der Waals surface area (Å²) in [7, 11) is 0. The molecule has 0 aromatic rings. The van der Waals surface area contributed by atoms with Gasteiger partial charge in [-0.2, -0.15) is 0 Å². The highest BCUT2D eigenvalue weighted by molar-refractivity contribution is 5.08. The fourth-order valence-corrected chi connectivity index (χ4v) is 0.454. The standard InChI is InChI=1S/C3HN4O4/c8-6(9)2-1-3(5-4-2)7(10)11/h1H. The van der Waals surface area contributed by atoms with Crippen LogP contribution in [-0.2, 0) is 0 Å². The van der Waals surface area contributed by atoms with E-state index < -0.39 is 21.8 Å². The largest absolute Gasteiger partial charge is 0.474 e. The van der Waals surface area contributed by atoms with Crippen LogP contribution < -0.4 is 0 Å². The SMILES string of the molecule is O=[N+]([O-])[C]1C=C([N+](=O)[O-])N=N1. The molecule has 0 amide bonds. The van der Waals surface area contributed by atoms with Crippen molar-refractivity contribution in [3.05, 3.63) is 38.3 Å². The highest BCUT2D eigenvalue weighted by Crippen LogP contribution is 2.18. The van der Waals surface area contributed by atoms with Crippen molar-refractivity contribution in [1.82, 2.24) is 0 Å². The average Bonchev–Trinajstić information content (AvgIpc) is 2.33. The van der Waals surface area contributed by atoms with Crippen molar-refractivity contribution in [2.24, 2.45) is 10.2 Å². The molecule has 0 aromatic carbocycles. The van der Waals surface area contributed by atoms with Gasteiger partial charge in [-0.15, -0.1) is 0 Å². The normalized spacial score (nSPS) is 16.5. The van der Waals surface area contributed by atoms with Gasteiger partial charge in [0, 0.05) is 5.11 Å². The van der Waals surface area contributed by atoms with Crippen molar-refractivity contribution in [2.75, 3.05) is 0 Å². The number of hydrogen-bond donors (Lipinski definition) is 0. The van der Waals surface area contributed by atoms with Crippen LogP contribution >= 0.6 is 0 Å². The molecule has 11 heavy (non-hydrogen) atoms. The zero-order valence-electron chi connectivity index (χ0n) is 5.00. The quantitative estimate of drug-likeness (QED) is 0.424. The molecule has 8 nitrogen and oxygen atoms in total. The van der Waals surface area contributed by atoms with Crippen molar-refractivity contribution in [2.45, 2.75) is 0 Å². The second-order valence-electron chi connectivity index (χ2n) is 1.57. The van der Waals surface area contributed by atoms with Crippen LogP contribution in [0.15, 0.2) is 22.1 Å². The molecule has 1 radical (unpaired) electrons. The van der Waals surface area contributed by atoms with Crippen molar-refractivity contribution < 1.29 is 9.85 Å². The fraction of sp³-hybridized carbons (Fsp3) is 0. The Morgan fingerprint density at radius 2 is 1.82 bits per heavy atom. The molecule has 1 rings (SSSR count). The van der Waals surface area contributed by atoms with Crippen LogP contribution in [0.2, 0.25) is 0 Å². The molecule has 0 atom stereocenters. The third-order valence-electron chi connectivity index (χ3n) is 0.887. The Morgan fingerprint density at radius 1 is 1.18 bits per heavy atom. The third-order valence-corrected chi connectivity index (χ3v) is 0.887. The molecule has 0 spiro atoms. The highest BCUT2D eigenvalue weighted by atomic mass is 16.6. The lowest BCUT2D eigenvalue weighted by molar-refractivity contribution is -0.458. The molecule has 0 saturated heterocycles. The van der Waals surface area contributed by atoms with Crippen molar-refractivity contribution in [1.29, 1.82) is 0 Å². The highest BCUT2D eigenvalue weighted by Gasteiger charge is 2.34. The van der Waals surface area contributed by atoms with Crippen LogP contribution in [0.5, 0.6) is 0 Å². The summed E-state index contributed by atoms with van der Waals surface area (Å²) in [6.07, 6.45) is 0.0803. The zero-order chi connectivity index (χ0) is 8.43. The lowest BCUT2D eigenvalue weighted by atomic mass is 10.5. The zero-order valence-corrected chi connectivity index (χ0v) is 5.00. The van der Waals surface area contributed by atoms with Gasteiger partial charge >= 0.3 is 12.0 Å². The minimum atomic E-state index is -0.847. The molecular formula is C3HN4O4. The lowest BCUT2D eigenvalue weighted by Crippen LogP contribution is -2.01. The molecule has 0 saturated carbocycles. The molecule has 0 bridgehead atoms. The number of nitrogens with zero attached hydrogens (tertiary/aromatic N) is 4. The monoisotopic (exact) mass is 157 g/mol. The molecule has 57 valence electrons. The minimum absolute atomic E-state index is 0.614. The Balaban J connectivity index is 2.79. The number of hydrogen-bond acceptors (Lipinski definition) is 6. The Bertz CT molecular complexity index is 269. The average molecular weight is 157 g/mol. The molecular weight excluding hydrogens is 156 g/mol. The molecule has 0 unspecified atom stereocenters. The van der Waals surface area contributed by atoms with E-state index in [-0.39, 0.29) is 0 Å². The second kappa shape index (κ2) is 2.40. The van der Waals surface area contributed by atoms with Gasteiger partial charge in [-0.1, -0.05) is 0 Å². The van der Waals surface area contributed by atoms with E-state index in [9.17, 15) is 20.2 Å². The first-order chi connectivity index (χ1) is 5.11. The van der Waals surface area contributed by atoms with Crippen molar-refractivity contribution in [3.63, 3.8) is 0 Å². The van der Waals surface area contributed by atoms with E-state index in [2.05, 4.69) is 10.2 Å². The Hall–Kier alpha value is -1.86. The van der Waals surface area contributed by atoms with Gasteiger partial charge in [-0.25, -0.2) is 0 Å². The first-order valence-corrected chi connectivity index (χ1v) is 2.40. The summed E-state index contributed by atoms with van der Waals surface area (Å²) in [5.41, 5.74) is 0. The van der Waals surface area contributed by atoms with Crippen LogP contribution in [0.1, 0.15) is 0 Å². The van der Waals surface area contributed by atoms with Gasteiger partial charge in [0.1, 0.15) is 6.08 Å². The molecule has 8 heteroatoms. The van der Waals surface area contributed by atoms with E-state index in [1.54, 1.807) is 0 Å². The smallest absolute Gasteiger partial charge is 0.358 e. The molecule has 0 N–H and O–H groups in total. The van der Waals surface area contributed by atoms with Crippen molar-refractivity contribution in [3.8, 4) is 0 Å². The molecule has 0 aromatic heterocycles. The summed E-state index contributed by atoms with van der Waals surface area (Å²) >= 11 is 0.